The molecule has 1 aliphatic rings. The van der Waals surface area contributed by atoms with E-state index >= 15 is 0 Å². The van der Waals surface area contributed by atoms with Crippen molar-refractivity contribution in [2.24, 2.45) is 4.99 Å². The molecule has 0 spiro atoms. The van der Waals surface area contributed by atoms with Crippen LogP contribution in [0, 0.1) is 0 Å². The molecule has 7 nitrogen and oxygen atoms in total. The van der Waals surface area contributed by atoms with E-state index in [0.717, 1.165) is 31.2 Å². The van der Waals surface area contributed by atoms with Crippen molar-refractivity contribution in [1.29, 1.82) is 0 Å². The van der Waals surface area contributed by atoms with E-state index in [4.69, 9.17) is 4.74 Å². The van der Waals surface area contributed by atoms with E-state index in [1.165, 1.54) is 9.87 Å². The van der Waals surface area contributed by atoms with Gasteiger partial charge in [0.15, 0.2) is 5.96 Å². The predicted molar refractivity (Wildman–Crippen MR) is 110 cm³/mol. The maximum atomic E-state index is 12.3. The molecule has 0 aliphatic carbocycles. The van der Waals surface area contributed by atoms with Crippen LogP contribution in [0.1, 0.15) is 31.7 Å². The number of sulfonamides is 1. The average molecular weight is 397 g/mol. The lowest BCUT2D eigenvalue weighted by atomic mass is 9.98. The van der Waals surface area contributed by atoms with Crippen LogP contribution in [0.2, 0.25) is 0 Å². The summed E-state index contributed by atoms with van der Waals surface area (Å²) in [6.07, 6.45) is 1.05. The van der Waals surface area contributed by atoms with Gasteiger partial charge in [-0.1, -0.05) is 26.0 Å². The maximum absolute atomic E-state index is 12.3. The Labute approximate surface area is 163 Å². The van der Waals surface area contributed by atoms with Crippen LogP contribution >= 0.6 is 0 Å². The zero-order valence-electron chi connectivity index (χ0n) is 16.8. The van der Waals surface area contributed by atoms with Gasteiger partial charge in [-0.25, -0.2) is 12.7 Å². The molecule has 1 aromatic rings. The summed E-state index contributed by atoms with van der Waals surface area (Å²) in [4.78, 5) is 6.53. The van der Waals surface area contributed by atoms with Crippen LogP contribution in [0.5, 0.6) is 5.75 Å². The highest BCUT2D eigenvalue weighted by atomic mass is 32.2. The fourth-order valence-electron chi connectivity index (χ4n) is 3.47. The number of rotatable bonds is 8. The fraction of sp³-hybridized carbons (Fsp3) is 0.632. The molecule has 1 aliphatic heterocycles. The molecule has 2 rings (SSSR count). The highest BCUT2D eigenvalue weighted by molar-refractivity contribution is 7.89. The Balaban J connectivity index is 1.89. The van der Waals surface area contributed by atoms with Crippen molar-refractivity contribution >= 4 is 16.0 Å². The smallest absolute Gasteiger partial charge is 0.215 e. The quantitative estimate of drug-likeness (QED) is 0.535. The third kappa shape index (κ3) is 5.59. The van der Waals surface area contributed by atoms with Crippen molar-refractivity contribution in [3.05, 3.63) is 29.8 Å². The van der Waals surface area contributed by atoms with Crippen LogP contribution in [0.4, 0.5) is 0 Å². The van der Waals surface area contributed by atoms with Crippen LogP contribution in [0.3, 0.4) is 0 Å². The Kier molecular flexibility index (Phi) is 7.91. The molecule has 1 heterocycles. The van der Waals surface area contributed by atoms with Gasteiger partial charge in [0.2, 0.25) is 10.0 Å². The molecule has 1 fully saturated rings. The van der Waals surface area contributed by atoms with Gasteiger partial charge in [-0.3, -0.25) is 4.99 Å². The molecule has 8 heteroatoms. The first-order valence-electron chi connectivity index (χ1n) is 9.52. The molecular formula is C19H32N4O3S. The molecule has 0 saturated carbocycles. The second-order valence-corrected chi connectivity index (χ2v) is 8.67. The van der Waals surface area contributed by atoms with E-state index in [0.29, 0.717) is 25.6 Å². The van der Waals surface area contributed by atoms with Gasteiger partial charge in [-0.2, -0.15) is 0 Å². The molecule has 27 heavy (non-hydrogen) atoms. The van der Waals surface area contributed by atoms with Crippen LogP contribution in [-0.4, -0.2) is 76.2 Å². The summed E-state index contributed by atoms with van der Waals surface area (Å²) in [5, 5.41) is 3.21. The van der Waals surface area contributed by atoms with Gasteiger partial charge in [0, 0.05) is 45.7 Å². The average Bonchev–Trinajstić information content (AvgIpc) is 3.16. The van der Waals surface area contributed by atoms with E-state index in [1.807, 2.05) is 26.0 Å². The monoisotopic (exact) mass is 396 g/mol. The first-order valence-corrected chi connectivity index (χ1v) is 11.1. The number of hydrogen-bond acceptors (Lipinski definition) is 4. The normalized spacial score (nSPS) is 18.2. The lowest BCUT2D eigenvalue weighted by molar-refractivity contribution is 0.414. The number of ether oxygens (including phenoxy) is 1. The molecule has 1 N–H and O–H groups in total. The number of aliphatic imine (C=N–C) groups is 1. The van der Waals surface area contributed by atoms with E-state index in [2.05, 4.69) is 27.3 Å². The number of nitrogens with one attached hydrogen (secondary N) is 1. The van der Waals surface area contributed by atoms with Crippen LogP contribution in [-0.2, 0) is 10.0 Å². The molecule has 0 aromatic heterocycles. The van der Waals surface area contributed by atoms with Crippen LogP contribution in [0.15, 0.2) is 29.3 Å². The Morgan fingerprint density at radius 2 is 1.96 bits per heavy atom. The Hall–Kier alpha value is -1.80. The Bertz CT molecular complexity index is 715. The van der Waals surface area contributed by atoms with Crippen molar-refractivity contribution in [3.63, 3.8) is 0 Å². The minimum atomic E-state index is -3.22. The van der Waals surface area contributed by atoms with Gasteiger partial charge in [0.1, 0.15) is 5.75 Å². The summed E-state index contributed by atoms with van der Waals surface area (Å²) in [5.74, 6) is 2.14. The first kappa shape index (κ1) is 21.5. The zero-order chi connectivity index (χ0) is 19.9. The third-order valence-corrected chi connectivity index (χ3v) is 7.05. The van der Waals surface area contributed by atoms with E-state index < -0.39 is 10.0 Å². The molecular weight excluding hydrogens is 364 g/mol. The van der Waals surface area contributed by atoms with Crippen molar-refractivity contribution < 1.29 is 13.2 Å². The highest BCUT2D eigenvalue weighted by Crippen LogP contribution is 2.28. The van der Waals surface area contributed by atoms with Crippen LogP contribution < -0.4 is 10.1 Å². The van der Waals surface area contributed by atoms with E-state index in [1.54, 1.807) is 14.2 Å². The summed E-state index contributed by atoms with van der Waals surface area (Å²) in [6, 6.07) is 8.20. The number of methoxy groups -OCH3 is 1. The molecule has 1 atom stereocenters. The standard InChI is InChI=1S/C19H32N4O3S/c1-5-23(6-2)27(24,25)14-12-21-19(20-3)22-13-11-17(15-22)16-7-9-18(26-4)10-8-16/h7-10,17H,5-6,11-15H2,1-4H3,(H,20,21). The largest absolute Gasteiger partial charge is 0.497 e. The molecule has 0 amide bonds. The number of nitrogens with zero attached hydrogens (tertiary/aromatic N) is 3. The molecule has 0 bridgehead atoms. The van der Waals surface area contributed by atoms with Gasteiger partial charge in [0.05, 0.1) is 12.9 Å². The number of likely N-dealkylation sites (tertiary alicyclic amines) is 1. The van der Waals surface area contributed by atoms with Crippen molar-refractivity contribution in [2.45, 2.75) is 26.2 Å². The first-order chi connectivity index (χ1) is 12.9. The summed E-state index contributed by atoms with van der Waals surface area (Å²) in [6.45, 7) is 6.85. The van der Waals surface area contributed by atoms with Gasteiger partial charge in [-0.05, 0) is 24.1 Å². The third-order valence-electron chi connectivity index (χ3n) is 5.03. The summed E-state index contributed by atoms with van der Waals surface area (Å²) in [7, 11) is 0.182. The zero-order valence-corrected chi connectivity index (χ0v) is 17.6. The Morgan fingerprint density at radius 1 is 1.30 bits per heavy atom. The topological polar surface area (TPSA) is 74.2 Å². The summed E-state index contributed by atoms with van der Waals surface area (Å²) in [5.41, 5.74) is 1.29. The minimum absolute atomic E-state index is 0.0729. The minimum Gasteiger partial charge on any atom is -0.497 e. The second-order valence-electron chi connectivity index (χ2n) is 6.58. The molecule has 1 aromatic carbocycles. The van der Waals surface area contributed by atoms with Crippen LogP contribution in [0.25, 0.3) is 0 Å². The maximum Gasteiger partial charge on any atom is 0.215 e. The number of benzene rings is 1. The predicted octanol–water partition coefficient (Wildman–Crippen LogP) is 1.73. The van der Waals surface area contributed by atoms with Gasteiger partial charge in [-0.15, -0.1) is 0 Å². The Morgan fingerprint density at radius 3 is 2.52 bits per heavy atom. The van der Waals surface area contributed by atoms with E-state index in [-0.39, 0.29) is 5.75 Å². The van der Waals surface area contributed by atoms with Gasteiger partial charge in [0.25, 0.3) is 0 Å². The molecule has 1 saturated heterocycles. The number of guanidine groups is 1. The lowest BCUT2D eigenvalue weighted by Crippen LogP contribution is -2.43. The molecule has 0 radical (unpaired) electrons. The molecule has 152 valence electrons. The van der Waals surface area contributed by atoms with Crippen molar-refractivity contribution in [1.82, 2.24) is 14.5 Å². The summed E-state index contributed by atoms with van der Waals surface area (Å²) < 4.78 is 31.3. The SMILES string of the molecule is CCN(CC)S(=O)(=O)CCNC(=NC)N1CCC(c2ccc(OC)cc2)C1. The summed E-state index contributed by atoms with van der Waals surface area (Å²) >= 11 is 0. The lowest BCUT2D eigenvalue weighted by Gasteiger charge is -2.23. The van der Waals surface area contributed by atoms with E-state index in [9.17, 15) is 8.42 Å². The van der Waals surface area contributed by atoms with Crippen molar-refractivity contribution in [2.75, 3.05) is 52.6 Å². The fourth-order valence-corrected chi connectivity index (χ4v) is 4.88. The molecule has 1 unspecified atom stereocenters. The van der Waals surface area contributed by atoms with Gasteiger partial charge >= 0.3 is 0 Å². The number of hydrogen-bond donors (Lipinski definition) is 1. The second kappa shape index (κ2) is 9.94. The highest BCUT2D eigenvalue weighted by Gasteiger charge is 2.26. The van der Waals surface area contributed by atoms with Crippen molar-refractivity contribution in [3.8, 4) is 5.75 Å². The van der Waals surface area contributed by atoms with Gasteiger partial charge < -0.3 is 15.0 Å².